The predicted octanol–water partition coefficient (Wildman–Crippen LogP) is 3.01. The van der Waals surface area contributed by atoms with E-state index in [0.717, 1.165) is 12.2 Å². The summed E-state index contributed by atoms with van der Waals surface area (Å²) in [6.07, 6.45) is 1.77. The molecule has 1 fully saturated rings. The summed E-state index contributed by atoms with van der Waals surface area (Å²) in [5.74, 6) is 1.71. The zero-order valence-electron chi connectivity index (χ0n) is 18.2. The van der Waals surface area contributed by atoms with Crippen LogP contribution in [0, 0.1) is 0 Å². The fourth-order valence-electron chi connectivity index (χ4n) is 3.80. The first-order valence-corrected chi connectivity index (χ1v) is 10.7. The first-order valence-electron chi connectivity index (χ1n) is 10.7. The van der Waals surface area contributed by atoms with Gasteiger partial charge in [-0.05, 0) is 56.7 Å². The van der Waals surface area contributed by atoms with Gasteiger partial charge < -0.3 is 19.4 Å². The third-order valence-corrected chi connectivity index (χ3v) is 5.38. The maximum absolute atomic E-state index is 12.9. The number of H-pyrrole nitrogens is 1. The van der Waals surface area contributed by atoms with E-state index in [4.69, 9.17) is 9.47 Å². The molecule has 3 heterocycles. The van der Waals surface area contributed by atoms with Crippen molar-refractivity contribution >= 4 is 5.91 Å². The molecule has 8 heteroatoms. The molecule has 0 spiro atoms. The number of aromatic amines is 1. The second-order valence-corrected chi connectivity index (χ2v) is 7.67. The maximum Gasteiger partial charge on any atom is 0.263 e. The number of hydrogen-bond donors (Lipinski definition) is 1. The van der Waals surface area contributed by atoms with Gasteiger partial charge >= 0.3 is 0 Å². The number of nitrogens with zero attached hydrogens (tertiary/aromatic N) is 3. The molecular weight excluding hydrogens is 408 g/mol. The average molecular weight is 434 g/mol. The van der Waals surface area contributed by atoms with Gasteiger partial charge in [0.2, 0.25) is 0 Å². The number of likely N-dealkylation sites (tertiary alicyclic amines) is 1. The van der Waals surface area contributed by atoms with E-state index in [-0.39, 0.29) is 17.4 Å². The van der Waals surface area contributed by atoms with Crippen molar-refractivity contribution < 1.29 is 14.3 Å². The summed E-state index contributed by atoms with van der Waals surface area (Å²) < 4.78 is 11.3. The Hall–Kier alpha value is -3.68. The molecule has 4 rings (SSSR count). The Morgan fingerprint density at radius 3 is 2.72 bits per heavy atom. The SMILES string of the molecule is CCOc1ccc(O[C@H](C)C(=O)N2CC[C@H](c3cc(=O)[nH]c(-c4ccccn4)n3)C2)cc1. The van der Waals surface area contributed by atoms with E-state index < -0.39 is 6.10 Å². The summed E-state index contributed by atoms with van der Waals surface area (Å²) in [6.45, 7) is 5.35. The molecule has 1 saturated heterocycles. The van der Waals surface area contributed by atoms with Gasteiger partial charge in [-0.2, -0.15) is 0 Å². The van der Waals surface area contributed by atoms with E-state index in [1.165, 1.54) is 6.07 Å². The molecule has 0 bridgehead atoms. The normalized spacial score (nSPS) is 16.6. The second-order valence-electron chi connectivity index (χ2n) is 7.67. The van der Waals surface area contributed by atoms with Crippen LogP contribution in [0.2, 0.25) is 0 Å². The van der Waals surface area contributed by atoms with Crippen LogP contribution in [-0.2, 0) is 4.79 Å². The topological polar surface area (TPSA) is 97.4 Å². The molecule has 0 saturated carbocycles. The molecule has 0 radical (unpaired) electrons. The van der Waals surface area contributed by atoms with Gasteiger partial charge in [-0.25, -0.2) is 4.98 Å². The molecule has 1 aliphatic rings. The van der Waals surface area contributed by atoms with Crippen LogP contribution in [-0.4, -0.2) is 51.6 Å². The minimum atomic E-state index is -0.622. The molecule has 8 nitrogen and oxygen atoms in total. The maximum atomic E-state index is 12.9. The molecule has 2 atom stereocenters. The number of carbonyl (C=O) groups is 1. The number of benzene rings is 1. The molecule has 1 aliphatic heterocycles. The Bertz CT molecular complexity index is 1110. The number of rotatable bonds is 7. The Morgan fingerprint density at radius 1 is 1.22 bits per heavy atom. The van der Waals surface area contributed by atoms with Crippen molar-refractivity contribution in [3.05, 3.63) is 70.8 Å². The number of hydrogen-bond acceptors (Lipinski definition) is 6. The van der Waals surface area contributed by atoms with Crippen molar-refractivity contribution in [1.82, 2.24) is 19.9 Å². The van der Waals surface area contributed by atoms with Gasteiger partial charge in [-0.15, -0.1) is 0 Å². The number of carbonyl (C=O) groups excluding carboxylic acids is 1. The van der Waals surface area contributed by atoms with E-state index in [0.29, 0.717) is 42.7 Å². The summed E-state index contributed by atoms with van der Waals surface area (Å²) in [5.41, 5.74) is 1.05. The number of aromatic nitrogens is 3. The summed E-state index contributed by atoms with van der Waals surface area (Å²) >= 11 is 0. The highest BCUT2D eigenvalue weighted by atomic mass is 16.5. The number of nitrogens with one attached hydrogen (secondary N) is 1. The van der Waals surface area contributed by atoms with Gasteiger partial charge in [-0.3, -0.25) is 14.6 Å². The molecule has 2 aromatic heterocycles. The highest BCUT2D eigenvalue weighted by Gasteiger charge is 2.32. The molecule has 1 aromatic carbocycles. The predicted molar refractivity (Wildman–Crippen MR) is 120 cm³/mol. The second kappa shape index (κ2) is 9.64. The average Bonchev–Trinajstić information content (AvgIpc) is 3.30. The van der Waals surface area contributed by atoms with Crippen LogP contribution in [0.1, 0.15) is 31.9 Å². The van der Waals surface area contributed by atoms with E-state index in [9.17, 15) is 9.59 Å². The zero-order valence-corrected chi connectivity index (χ0v) is 18.2. The zero-order chi connectivity index (χ0) is 22.5. The highest BCUT2D eigenvalue weighted by Crippen LogP contribution is 2.27. The van der Waals surface area contributed by atoms with Crippen LogP contribution in [0.3, 0.4) is 0 Å². The fraction of sp³-hybridized carbons (Fsp3) is 0.333. The Labute approximate surface area is 186 Å². The van der Waals surface area contributed by atoms with Gasteiger partial charge in [0.15, 0.2) is 11.9 Å². The third-order valence-electron chi connectivity index (χ3n) is 5.38. The van der Waals surface area contributed by atoms with Crippen molar-refractivity contribution in [2.24, 2.45) is 0 Å². The van der Waals surface area contributed by atoms with Crippen LogP contribution < -0.4 is 15.0 Å². The lowest BCUT2D eigenvalue weighted by Gasteiger charge is -2.22. The molecular formula is C24H26N4O4. The summed E-state index contributed by atoms with van der Waals surface area (Å²) in [5, 5.41) is 0. The minimum absolute atomic E-state index is 0.0126. The molecule has 1 amide bonds. The van der Waals surface area contributed by atoms with Crippen molar-refractivity contribution in [2.75, 3.05) is 19.7 Å². The lowest BCUT2D eigenvalue weighted by atomic mass is 10.0. The van der Waals surface area contributed by atoms with Crippen molar-refractivity contribution in [3.63, 3.8) is 0 Å². The van der Waals surface area contributed by atoms with Crippen molar-refractivity contribution in [2.45, 2.75) is 32.3 Å². The largest absolute Gasteiger partial charge is 0.494 e. The molecule has 0 unspecified atom stereocenters. The first-order chi connectivity index (χ1) is 15.5. The van der Waals surface area contributed by atoms with Crippen LogP contribution in [0.25, 0.3) is 11.5 Å². The van der Waals surface area contributed by atoms with E-state index in [1.807, 2.05) is 31.2 Å². The Balaban J connectivity index is 1.41. The molecule has 166 valence electrons. The minimum Gasteiger partial charge on any atom is -0.494 e. The van der Waals surface area contributed by atoms with Gasteiger partial charge in [0.1, 0.15) is 17.2 Å². The summed E-state index contributed by atoms with van der Waals surface area (Å²) in [6, 6.07) is 14.2. The van der Waals surface area contributed by atoms with Gasteiger partial charge in [0.25, 0.3) is 11.5 Å². The summed E-state index contributed by atoms with van der Waals surface area (Å²) in [7, 11) is 0. The van der Waals surface area contributed by atoms with E-state index >= 15 is 0 Å². The molecule has 32 heavy (non-hydrogen) atoms. The highest BCUT2D eigenvalue weighted by molar-refractivity contribution is 5.81. The third kappa shape index (κ3) is 4.96. The number of pyridine rings is 1. The van der Waals surface area contributed by atoms with Crippen LogP contribution in [0.5, 0.6) is 11.5 Å². The Morgan fingerprint density at radius 2 is 2.00 bits per heavy atom. The lowest BCUT2D eigenvalue weighted by Crippen LogP contribution is -2.39. The van der Waals surface area contributed by atoms with Gasteiger partial charge in [-0.1, -0.05) is 6.07 Å². The van der Waals surface area contributed by atoms with E-state index in [1.54, 1.807) is 36.2 Å². The first kappa shape index (κ1) is 21.5. The quantitative estimate of drug-likeness (QED) is 0.614. The van der Waals surface area contributed by atoms with Crippen LogP contribution in [0.4, 0.5) is 0 Å². The number of amides is 1. The smallest absolute Gasteiger partial charge is 0.263 e. The number of ether oxygens (including phenoxy) is 2. The van der Waals surface area contributed by atoms with Crippen LogP contribution in [0.15, 0.2) is 59.5 Å². The van der Waals surface area contributed by atoms with Crippen LogP contribution >= 0.6 is 0 Å². The fourth-order valence-corrected chi connectivity index (χ4v) is 3.80. The van der Waals surface area contributed by atoms with Gasteiger partial charge in [0, 0.05) is 31.3 Å². The standard InChI is InChI=1S/C24H26N4O4/c1-3-31-18-7-9-19(10-8-18)32-16(2)24(30)28-13-11-17(15-28)21-14-22(29)27-23(26-21)20-6-4-5-12-25-20/h4-10,12,14,16-17H,3,11,13,15H2,1-2H3,(H,26,27,29)/t16-,17+/m1/s1. The van der Waals surface area contributed by atoms with Gasteiger partial charge in [0.05, 0.1) is 12.3 Å². The molecule has 1 N–H and O–H groups in total. The van der Waals surface area contributed by atoms with Crippen molar-refractivity contribution in [1.29, 1.82) is 0 Å². The molecule has 0 aliphatic carbocycles. The lowest BCUT2D eigenvalue weighted by molar-refractivity contribution is -0.136. The summed E-state index contributed by atoms with van der Waals surface area (Å²) in [4.78, 5) is 38.5. The van der Waals surface area contributed by atoms with E-state index in [2.05, 4.69) is 15.0 Å². The Kier molecular flexibility index (Phi) is 6.49. The van der Waals surface area contributed by atoms with Crippen molar-refractivity contribution in [3.8, 4) is 23.0 Å². The monoisotopic (exact) mass is 434 g/mol. The molecule has 3 aromatic rings.